The summed E-state index contributed by atoms with van der Waals surface area (Å²) in [7, 11) is 1.53. The average molecular weight is 368 g/mol. The van der Waals surface area contributed by atoms with Gasteiger partial charge in [0.1, 0.15) is 5.82 Å². The number of hydrogen-bond acceptors (Lipinski definition) is 5. The molecular weight excluding hydrogens is 350 g/mol. The maximum atomic E-state index is 11.7. The molecule has 1 aromatic heterocycles. The largest absolute Gasteiger partial charge is 0.380 e. The molecule has 2 aromatic rings. The van der Waals surface area contributed by atoms with Crippen molar-refractivity contribution >= 4 is 21.8 Å². The van der Waals surface area contributed by atoms with Gasteiger partial charge in [-0.1, -0.05) is 28.1 Å². The molecule has 0 spiro atoms. The lowest BCUT2D eigenvalue weighted by molar-refractivity contribution is -0.123. The summed E-state index contributed by atoms with van der Waals surface area (Å²) in [6.07, 6.45) is -0.0474. The number of methoxy groups -OCH3 is 1. The quantitative estimate of drug-likeness (QED) is 0.681. The van der Waals surface area contributed by atoms with Crippen LogP contribution in [-0.4, -0.2) is 40.8 Å². The highest BCUT2D eigenvalue weighted by Crippen LogP contribution is 2.18. The third-order valence-electron chi connectivity index (χ3n) is 3.10. The molecule has 4 N–H and O–H groups in total. The van der Waals surface area contributed by atoms with Crippen molar-refractivity contribution in [3.8, 4) is 11.4 Å². The molecule has 0 saturated heterocycles. The van der Waals surface area contributed by atoms with Crippen molar-refractivity contribution in [3.63, 3.8) is 0 Å². The number of amides is 1. The molecule has 0 aliphatic carbocycles. The zero-order chi connectivity index (χ0) is 15.9. The topological polar surface area (TPSA) is 106 Å². The number of nitrogens with two attached hydrogens (primary N) is 1. The number of nitrogens with zero attached hydrogens (tertiary/aromatic N) is 2. The Morgan fingerprint density at radius 3 is 2.82 bits per heavy atom. The fraction of sp³-hybridized carbons (Fsp3) is 0.357. The fourth-order valence-corrected chi connectivity index (χ4v) is 2.09. The lowest BCUT2D eigenvalue weighted by Crippen LogP contribution is -2.32. The first kappa shape index (κ1) is 16.6. The van der Waals surface area contributed by atoms with Crippen LogP contribution in [0.2, 0.25) is 0 Å². The number of ether oxygens (including phenoxy) is 1. The van der Waals surface area contributed by atoms with Crippen LogP contribution in [0.25, 0.3) is 11.4 Å². The Hall–Kier alpha value is -1.77. The molecule has 0 bridgehead atoms. The standard InChI is InChI=1S/C14H18BrN5O2/c1-22-11(7-16)6-13(21)17-8-12-18-14(20-19-12)9-2-4-10(15)5-3-9/h2-5,11H,6-8,16H2,1H3,(H,17,21)(H,18,19,20). The van der Waals surface area contributed by atoms with Gasteiger partial charge in [0.2, 0.25) is 5.91 Å². The van der Waals surface area contributed by atoms with Crippen LogP contribution in [0, 0.1) is 0 Å². The summed E-state index contributed by atoms with van der Waals surface area (Å²) < 4.78 is 6.06. The van der Waals surface area contributed by atoms with Gasteiger partial charge < -0.3 is 15.8 Å². The first-order valence-corrected chi connectivity index (χ1v) is 7.58. The second kappa shape index (κ2) is 8.02. The van der Waals surface area contributed by atoms with Crippen LogP contribution >= 0.6 is 15.9 Å². The Balaban J connectivity index is 1.89. The zero-order valence-electron chi connectivity index (χ0n) is 12.2. The summed E-state index contributed by atoms with van der Waals surface area (Å²) in [4.78, 5) is 16.1. The van der Waals surface area contributed by atoms with Gasteiger partial charge in [-0.05, 0) is 12.1 Å². The van der Waals surface area contributed by atoms with Gasteiger partial charge >= 0.3 is 0 Å². The minimum Gasteiger partial charge on any atom is -0.380 e. The molecule has 1 unspecified atom stereocenters. The predicted octanol–water partition coefficient (Wildman–Crippen LogP) is 1.21. The van der Waals surface area contributed by atoms with Gasteiger partial charge in [0.25, 0.3) is 0 Å². The third-order valence-corrected chi connectivity index (χ3v) is 3.63. The third kappa shape index (κ3) is 4.62. The van der Waals surface area contributed by atoms with Crippen LogP contribution in [0.15, 0.2) is 28.7 Å². The second-order valence-electron chi connectivity index (χ2n) is 4.69. The molecule has 0 aliphatic heterocycles. The van der Waals surface area contributed by atoms with E-state index in [0.717, 1.165) is 10.0 Å². The number of benzene rings is 1. The maximum absolute atomic E-state index is 11.7. The predicted molar refractivity (Wildman–Crippen MR) is 85.8 cm³/mol. The lowest BCUT2D eigenvalue weighted by atomic mass is 10.2. The number of hydrogen-bond donors (Lipinski definition) is 3. The molecule has 7 nitrogen and oxygen atoms in total. The van der Waals surface area contributed by atoms with Crippen LogP contribution in [0.5, 0.6) is 0 Å². The minimum atomic E-state index is -0.270. The van der Waals surface area contributed by atoms with Crippen molar-refractivity contribution in [2.75, 3.05) is 13.7 Å². The van der Waals surface area contributed by atoms with Crippen molar-refractivity contribution in [2.45, 2.75) is 19.1 Å². The molecule has 1 aromatic carbocycles. The monoisotopic (exact) mass is 367 g/mol. The van der Waals surface area contributed by atoms with E-state index < -0.39 is 0 Å². The van der Waals surface area contributed by atoms with E-state index >= 15 is 0 Å². The molecule has 1 atom stereocenters. The highest BCUT2D eigenvalue weighted by Gasteiger charge is 2.12. The van der Waals surface area contributed by atoms with Gasteiger partial charge in [-0.15, -0.1) is 0 Å². The Morgan fingerprint density at radius 2 is 2.18 bits per heavy atom. The van der Waals surface area contributed by atoms with Crippen LogP contribution in [-0.2, 0) is 16.1 Å². The van der Waals surface area contributed by atoms with Crippen LogP contribution < -0.4 is 11.1 Å². The summed E-state index contributed by atoms with van der Waals surface area (Å²) >= 11 is 3.38. The van der Waals surface area contributed by atoms with Gasteiger partial charge in [0.05, 0.1) is 19.1 Å². The van der Waals surface area contributed by atoms with E-state index in [-0.39, 0.29) is 25.0 Å². The lowest BCUT2D eigenvalue weighted by Gasteiger charge is -2.11. The molecule has 1 amide bonds. The Bertz CT molecular complexity index is 610. The molecule has 8 heteroatoms. The molecule has 2 rings (SSSR count). The Labute approximate surface area is 136 Å². The maximum Gasteiger partial charge on any atom is 0.223 e. The molecule has 22 heavy (non-hydrogen) atoms. The van der Waals surface area contributed by atoms with Crippen molar-refractivity contribution in [1.29, 1.82) is 0 Å². The normalized spacial score (nSPS) is 12.1. The zero-order valence-corrected chi connectivity index (χ0v) is 13.8. The van der Waals surface area contributed by atoms with Gasteiger partial charge in [0, 0.05) is 23.7 Å². The van der Waals surface area contributed by atoms with Crippen molar-refractivity contribution in [2.24, 2.45) is 5.73 Å². The fourth-order valence-electron chi connectivity index (χ4n) is 1.83. The number of carbonyl (C=O) groups is 1. The van der Waals surface area contributed by atoms with Gasteiger partial charge in [-0.2, -0.15) is 5.10 Å². The number of halogens is 1. The number of aromatic nitrogens is 3. The molecule has 0 aliphatic rings. The van der Waals surface area contributed by atoms with E-state index in [9.17, 15) is 4.79 Å². The van der Waals surface area contributed by atoms with E-state index in [4.69, 9.17) is 10.5 Å². The van der Waals surface area contributed by atoms with Crippen LogP contribution in [0.4, 0.5) is 0 Å². The van der Waals surface area contributed by atoms with Gasteiger partial charge in [-0.25, -0.2) is 4.98 Å². The SMILES string of the molecule is COC(CN)CC(=O)NCc1nc(-c2ccc(Br)cc2)n[nH]1. The molecule has 0 fully saturated rings. The van der Waals surface area contributed by atoms with Crippen molar-refractivity contribution in [1.82, 2.24) is 20.5 Å². The Morgan fingerprint density at radius 1 is 1.45 bits per heavy atom. The summed E-state index contributed by atoms with van der Waals surface area (Å²) in [6, 6.07) is 7.68. The molecule has 1 heterocycles. The van der Waals surface area contributed by atoms with Crippen LogP contribution in [0.1, 0.15) is 12.2 Å². The molecule has 0 radical (unpaired) electrons. The highest BCUT2D eigenvalue weighted by molar-refractivity contribution is 9.10. The summed E-state index contributed by atoms with van der Waals surface area (Å²) in [6.45, 7) is 0.587. The van der Waals surface area contributed by atoms with E-state index in [1.807, 2.05) is 24.3 Å². The smallest absolute Gasteiger partial charge is 0.223 e. The molecule has 0 saturated carbocycles. The van der Waals surface area contributed by atoms with E-state index in [2.05, 4.69) is 36.4 Å². The van der Waals surface area contributed by atoms with Gasteiger partial charge in [-0.3, -0.25) is 9.89 Å². The summed E-state index contributed by atoms with van der Waals surface area (Å²) in [5, 5.41) is 9.71. The average Bonchev–Trinajstić information content (AvgIpc) is 3.00. The van der Waals surface area contributed by atoms with E-state index in [0.29, 0.717) is 18.2 Å². The number of nitrogens with one attached hydrogen (secondary N) is 2. The number of rotatable bonds is 7. The molecule has 118 valence electrons. The van der Waals surface area contributed by atoms with Crippen LogP contribution in [0.3, 0.4) is 0 Å². The minimum absolute atomic E-state index is 0.140. The summed E-state index contributed by atoms with van der Waals surface area (Å²) in [5.41, 5.74) is 6.38. The van der Waals surface area contributed by atoms with Crippen molar-refractivity contribution in [3.05, 3.63) is 34.6 Å². The molecular formula is C14H18BrN5O2. The number of aromatic amines is 1. The number of H-pyrrole nitrogens is 1. The first-order valence-electron chi connectivity index (χ1n) is 6.79. The van der Waals surface area contributed by atoms with Crippen molar-refractivity contribution < 1.29 is 9.53 Å². The number of carbonyl (C=O) groups excluding carboxylic acids is 1. The van der Waals surface area contributed by atoms with Gasteiger partial charge in [0.15, 0.2) is 5.82 Å². The highest BCUT2D eigenvalue weighted by atomic mass is 79.9. The summed E-state index contributed by atoms with van der Waals surface area (Å²) in [5.74, 6) is 1.04. The van der Waals surface area contributed by atoms with E-state index in [1.54, 1.807) is 0 Å². The first-order chi connectivity index (χ1) is 10.6. The Kier molecular flexibility index (Phi) is 6.05. The second-order valence-corrected chi connectivity index (χ2v) is 5.60. The van der Waals surface area contributed by atoms with E-state index in [1.165, 1.54) is 7.11 Å².